The average molecular weight is 355 g/mol. The fourth-order valence-electron chi connectivity index (χ4n) is 3.05. The van der Waals surface area contributed by atoms with Crippen molar-refractivity contribution in [3.05, 3.63) is 29.8 Å². The number of aliphatic carboxylic acids is 1. The number of ether oxygens (including phenoxy) is 1. The van der Waals surface area contributed by atoms with E-state index in [1.54, 1.807) is 24.3 Å². The third-order valence-corrected chi connectivity index (χ3v) is 4.62. The Hall–Kier alpha value is -2.18. The lowest BCUT2D eigenvalue weighted by Gasteiger charge is -2.27. The predicted molar refractivity (Wildman–Crippen MR) is 87.7 cm³/mol. The summed E-state index contributed by atoms with van der Waals surface area (Å²) in [5.74, 6) is -4.76. The zero-order valence-electron chi connectivity index (χ0n) is 14.1. The van der Waals surface area contributed by atoms with Gasteiger partial charge in [-0.3, -0.25) is 9.59 Å². The zero-order chi connectivity index (χ0) is 18.4. The molecular weight excluding hydrogens is 332 g/mol. The number of alkyl halides is 2. The first-order valence-electron chi connectivity index (χ1n) is 8.32. The van der Waals surface area contributed by atoms with Crippen LogP contribution in [-0.2, 0) is 16.0 Å². The maximum atomic E-state index is 13.2. The summed E-state index contributed by atoms with van der Waals surface area (Å²) in [6.07, 6.45) is -0.127. The Morgan fingerprint density at radius 2 is 1.96 bits per heavy atom. The summed E-state index contributed by atoms with van der Waals surface area (Å²) < 4.78 is 31.5. The SMILES string of the molecule is COc1ccccc1CC(CNC(=O)C1CCC(F)(F)CC1)C(=O)O. The quantitative estimate of drug-likeness (QED) is 0.789. The number of carboxylic acids is 1. The van der Waals surface area contributed by atoms with Crippen molar-refractivity contribution in [1.29, 1.82) is 0 Å². The lowest BCUT2D eigenvalue weighted by Crippen LogP contribution is -2.40. The van der Waals surface area contributed by atoms with Crippen molar-refractivity contribution < 1.29 is 28.2 Å². The molecule has 0 heterocycles. The van der Waals surface area contributed by atoms with E-state index in [-0.39, 0.29) is 44.6 Å². The molecule has 7 heteroatoms. The molecule has 138 valence electrons. The molecule has 0 bridgehead atoms. The Bertz CT molecular complexity index is 611. The molecule has 1 aliphatic carbocycles. The monoisotopic (exact) mass is 355 g/mol. The van der Waals surface area contributed by atoms with Crippen LogP contribution in [0.5, 0.6) is 5.75 Å². The van der Waals surface area contributed by atoms with Gasteiger partial charge >= 0.3 is 5.97 Å². The lowest BCUT2D eigenvalue weighted by molar-refractivity contribution is -0.141. The van der Waals surface area contributed by atoms with Crippen molar-refractivity contribution in [2.75, 3.05) is 13.7 Å². The zero-order valence-corrected chi connectivity index (χ0v) is 14.1. The van der Waals surface area contributed by atoms with Gasteiger partial charge in [-0.05, 0) is 30.9 Å². The van der Waals surface area contributed by atoms with E-state index in [1.165, 1.54) is 7.11 Å². The molecular formula is C18H23F2NO4. The molecule has 1 atom stereocenters. The van der Waals surface area contributed by atoms with E-state index in [1.807, 2.05) is 0 Å². The number of nitrogens with one attached hydrogen (secondary N) is 1. The highest BCUT2D eigenvalue weighted by atomic mass is 19.3. The van der Waals surface area contributed by atoms with Gasteiger partial charge in [-0.15, -0.1) is 0 Å². The topological polar surface area (TPSA) is 75.6 Å². The van der Waals surface area contributed by atoms with E-state index in [2.05, 4.69) is 5.32 Å². The van der Waals surface area contributed by atoms with E-state index in [0.717, 1.165) is 5.56 Å². The number of carboxylic acid groups (broad SMARTS) is 1. The van der Waals surface area contributed by atoms with Gasteiger partial charge in [0, 0.05) is 25.3 Å². The molecule has 1 saturated carbocycles. The van der Waals surface area contributed by atoms with Crippen LogP contribution in [0.4, 0.5) is 8.78 Å². The summed E-state index contributed by atoms with van der Waals surface area (Å²) in [4.78, 5) is 23.6. The average Bonchev–Trinajstić information content (AvgIpc) is 2.58. The van der Waals surface area contributed by atoms with Crippen LogP contribution in [0.1, 0.15) is 31.2 Å². The van der Waals surface area contributed by atoms with Crippen LogP contribution in [0.3, 0.4) is 0 Å². The molecule has 5 nitrogen and oxygen atoms in total. The summed E-state index contributed by atoms with van der Waals surface area (Å²) in [6.45, 7) is -0.0426. The molecule has 0 spiro atoms. The standard InChI is InChI=1S/C18H23F2NO4/c1-25-15-5-3-2-4-13(15)10-14(17(23)24)11-21-16(22)12-6-8-18(19,20)9-7-12/h2-5,12,14H,6-11H2,1H3,(H,21,22)(H,23,24). The second kappa shape index (κ2) is 8.27. The summed E-state index contributed by atoms with van der Waals surface area (Å²) in [7, 11) is 1.51. The summed E-state index contributed by atoms with van der Waals surface area (Å²) in [5, 5.41) is 12.0. The normalized spacial score (nSPS) is 18.4. The van der Waals surface area contributed by atoms with E-state index in [9.17, 15) is 23.5 Å². The minimum atomic E-state index is -2.69. The number of amides is 1. The molecule has 0 aromatic heterocycles. The Kier molecular flexibility index (Phi) is 6.33. The second-order valence-electron chi connectivity index (χ2n) is 6.43. The summed E-state index contributed by atoms with van der Waals surface area (Å²) >= 11 is 0. The number of methoxy groups -OCH3 is 1. The Balaban J connectivity index is 1.91. The van der Waals surface area contributed by atoms with E-state index in [0.29, 0.717) is 5.75 Å². The number of hydrogen-bond acceptors (Lipinski definition) is 3. The first kappa shape index (κ1) is 19.1. The molecule has 1 aromatic rings. The van der Waals surface area contributed by atoms with E-state index < -0.39 is 23.7 Å². The van der Waals surface area contributed by atoms with Crippen LogP contribution in [0, 0.1) is 11.8 Å². The predicted octanol–water partition coefficient (Wildman–Crippen LogP) is 2.88. The molecule has 1 unspecified atom stereocenters. The number of halogens is 2. The molecule has 1 aromatic carbocycles. The van der Waals surface area contributed by atoms with Gasteiger partial charge in [0.1, 0.15) is 5.75 Å². The number of carbonyl (C=O) groups excluding carboxylic acids is 1. The molecule has 0 aliphatic heterocycles. The molecule has 2 rings (SSSR count). The van der Waals surface area contributed by atoms with Crippen LogP contribution >= 0.6 is 0 Å². The molecule has 2 N–H and O–H groups in total. The van der Waals surface area contributed by atoms with Crippen molar-refractivity contribution in [3.8, 4) is 5.75 Å². The number of rotatable bonds is 7. The highest BCUT2D eigenvalue weighted by Crippen LogP contribution is 2.36. The van der Waals surface area contributed by atoms with Crippen molar-refractivity contribution >= 4 is 11.9 Å². The van der Waals surface area contributed by atoms with Gasteiger partial charge in [0.25, 0.3) is 0 Å². The van der Waals surface area contributed by atoms with Crippen LogP contribution in [0.2, 0.25) is 0 Å². The maximum Gasteiger partial charge on any atom is 0.308 e. The van der Waals surface area contributed by atoms with Crippen LogP contribution in [0.25, 0.3) is 0 Å². The Morgan fingerprint density at radius 3 is 2.56 bits per heavy atom. The van der Waals surface area contributed by atoms with Gasteiger partial charge in [-0.25, -0.2) is 8.78 Å². The van der Waals surface area contributed by atoms with Crippen LogP contribution < -0.4 is 10.1 Å². The first-order valence-corrected chi connectivity index (χ1v) is 8.32. The van der Waals surface area contributed by atoms with Crippen LogP contribution in [-0.4, -0.2) is 36.6 Å². The minimum absolute atomic E-state index is 0.0426. The fourth-order valence-corrected chi connectivity index (χ4v) is 3.05. The molecule has 1 fully saturated rings. The summed E-state index contributed by atoms with van der Waals surface area (Å²) in [5.41, 5.74) is 0.740. The second-order valence-corrected chi connectivity index (χ2v) is 6.43. The molecule has 0 saturated heterocycles. The van der Waals surface area contributed by atoms with E-state index >= 15 is 0 Å². The van der Waals surface area contributed by atoms with Gasteiger partial charge < -0.3 is 15.2 Å². The third kappa shape index (κ3) is 5.41. The van der Waals surface area contributed by atoms with Gasteiger partial charge in [0.15, 0.2) is 0 Å². The highest BCUT2D eigenvalue weighted by Gasteiger charge is 2.37. The smallest absolute Gasteiger partial charge is 0.308 e. The minimum Gasteiger partial charge on any atom is -0.496 e. The number of benzene rings is 1. The van der Waals surface area contributed by atoms with Gasteiger partial charge in [0.05, 0.1) is 13.0 Å². The molecule has 25 heavy (non-hydrogen) atoms. The van der Waals surface area contributed by atoms with Crippen molar-refractivity contribution in [3.63, 3.8) is 0 Å². The molecule has 0 radical (unpaired) electrons. The fraction of sp³-hybridized carbons (Fsp3) is 0.556. The van der Waals surface area contributed by atoms with Crippen LogP contribution in [0.15, 0.2) is 24.3 Å². The largest absolute Gasteiger partial charge is 0.496 e. The van der Waals surface area contributed by atoms with E-state index in [4.69, 9.17) is 4.74 Å². The lowest BCUT2D eigenvalue weighted by atomic mass is 9.86. The van der Waals surface area contributed by atoms with Crippen molar-refractivity contribution in [1.82, 2.24) is 5.32 Å². The molecule has 1 amide bonds. The maximum absolute atomic E-state index is 13.2. The molecule has 1 aliphatic rings. The Labute approximate surface area is 145 Å². The summed E-state index contributed by atoms with van der Waals surface area (Å²) in [6, 6.07) is 7.10. The Morgan fingerprint density at radius 1 is 1.32 bits per heavy atom. The van der Waals surface area contributed by atoms with Crippen molar-refractivity contribution in [2.24, 2.45) is 11.8 Å². The number of para-hydroxylation sites is 1. The number of hydrogen-bond donors (Lipinski definition) is 2. The van der Waals surface area contributed by atoms with Crippen molar-refractivity contribution in [2.45, 2.75) is 38.0 Å². The van der Waals surface area contributed by atoms with Gasteiger partial charge in [-0.2, -0.15) is 0 Å². The van der Waals surface area contributed by atoms with Gasteiger partial charge in [0.2, 0.25) is 11.8 Å². The third-order valence-electron chi connectivity index (χ3n) is 4.62. The first-order chi connectivity index (χ1) is 11.8. The van der Waals surface area contributed by atoms with Gasteiger partial charge in [-0.1, -0.05) is 18.2 Å². The highest BCUT2D eigenvalue weighted by molar-refractivity contribution is 5.79. The number of carbonyl (C=O) groups is 2.